The van der Waals surface area contributed by atoms with Gasteiger partial charge in [0.25, 0.3) is 0 Å². The summed E-state index contributed by atoms with van der Waals surface area (Å²) in [5.74, 6) is -0.378. The molecule has 20 heavy (non-hydrogen) atoms. The maximum atomic E-state index is 13.8. The van der Waals surface area contributed by atoms with Crippen molar-refractivity contribution < 1.29 is 8.78 Å². The second kappa shape index (κ2) is 5.33. The summed E-state index contributed by atoms with van der Waals surface area (Å²) in [4.78, 5) is 0. The summed E-state index contributed by atoms with van der Waals surface area (Å²) in [6.45, 7) is 1.96. The Morgan fingerprint density at radius 2 is 1.95 bits per heavy atom. The number of rotatable bonds is 3. The van der Waals surface area contributed by atoms with Gasteiger partial charge in [-0.1, -0.05) is 24.3 Å². The molecule has 104 valence electrons. The van der Waals surface area contributed by atoms with Crippen LogP contribution in [0.4, 0.5) is 8.78 Å². The molecule has 2 aromatic rings. The van der Waals surface area contributed by atoms with Crippen LogP contribution >= 0.6 is 0 Å². The lowest BCUT2D eigenvalue weighted by atomic mass is 10.0. The van der Waals surface area contributed by atoms with Crippen molar-refractivity contribution in [2.45, 2.75) is 31.8 Å². The van der Waals surface area contributed by atoms with Crippen LogP contribution in [0.15, 0.2) is 42.5 Å². The highest BCUT2D eigenvalue weighted by molar-refractivity contribution is 5.35. The van der Waals surface area contributed by atoms with Crippen LogP contribution in [0.2, 0.25) is 0 Å². The van der Waals surface area contributed by atoms with Crippen molar-refractivity contribution in [3.05, 3.63) is 70.8 Å². The van der Waals surface area contributed by atoms with Gasteiger partial charge in [-0.2, -0.15) is 0 Å². The molecule has 1 aliphatic carbocycles. The van der Waals surface area contributed by atoms with Gasteiger partial charge >= 0.3 is 0 Å². The molecular weight excluding hydrogens is 256 g/mol. The predicted molar refractivity (Wildman–Crippen MR) is 75.4 cm³/mol. The molecule has 0 bridgehead atoms. The van der Waals surface area contributed by atoms with Gasteiger partial charge in [-0.05, 0) is 49.1 Å². The lowest BCUT2D eigenvalue weighted by Gasteiger charge is -2.21. The third-order valence-corrected chi connectivity index (χ3v) is 4.01. The third kappa shape index (κ3) is 2.46. The Morgan fingerprint density at radius 1 is 1.15 bits per heavy atom. The normalized spacial score (nSPS) is 18.9. The Kier molecular flexibility index (Phi) is 3.53. The fourth-order valence-electron chi connectivity index (χ4n) is 2.98. The fraction of sp³-hybridized carbons (Fsp3) is 0.294. The second-order valence-electron chi connectivity index (χ2n) is 5.34. The first kappa shape index (κ1) is 13.3. The van der Waals surface area contributed by atoms with Crippen molar-refractivity contribution >= 4 is 0 Å². The largest absolute Gasteiger partial charge is 0.303 e. The molecule has 3 heteroatoms. The Labute approximate surface area is 117 Å². The van der Waals surface area contributed by atoms with E-state index in [2.05, 4.69) is 5.32 Å². The Morgan fingerprint density at radius 3 is 2.75 bits per heavy atom. The van der Waals surface area contributed by atoms with E-state index in [1.165, 1.54) is 12.1 Å². The van der Waals surface area contributed by atoms with Crippen LogP contribution in [0, 0.1) is 11.6 Å². The lowest BCUT2D eigenvalue weighted by Crippen LogP contribution is -2.23. The molecule has 1 nitrogen and oxygen atoms in total. The molecule has 0 heterocycles. The average Bonchev–Trinajstić information content (AvgIpc) is 2.81. The number of halogens is 2. The second-order valence-corrected chi connectivity index (χ2v) is 5.34. The van der Waals surface area contributed by atoms with Crippen molar-refractivity contribution in [3.8, 4) is 0 Å². The molecule has 0 amide bonds. The highest BCUT2D eigenvalue weighted by Gasteiger charge is 2.24. The zero-order valence-electron chi connectivity index (χ0n) is 11.4. The zero-order valence-corrected chi connectivity index (χ0v) is 11.4. The number of aryl methyl sites for hydroxylation is 1. The summed E-state index contributed by atoms with van der Waals surface area (Å²) in [7, 11) is 0. The summed E-state index contributed by atoms with van der Waals surface area (Å²) < 4.78 is 27.0. The molecule has 3 rings (SSSR count). The third-order valence-electron chi connectivity index (χ3n) is 4.01. The molecule has 0 saturated heterocycles. The first-order valence-electron chi connectivity index (χ1n) is 6.94. The highest BCUT2D eigenvalue weighted by atomic mass is 19.1. The van der Waals surface area contributed by atoms with E-state index in [-0.39, 0.29) is 23.7 Å². The maximum absolute atomic E-state index is 13.8. The van der Waals surface area contributed by atoms with Gasteiger partial charge in [0, 0.05) is 17.6 Å². The van der Waals surface area contributed by atoms with Gasteiger partial charge in [0.15, 0.2) is 0 Å². The van der Waals surface area contributed by atoms with E-state index in [4.69, 9.17) is 0 Å². The van der Waals surface area contributed by atoms with Crippen LogP contribution in [0.3, 0.4) is 0 Å². The van der Waals surface area contributed by atoms with E-state index in [0.717, 1.165) is 24.0 Å². The Bertz CT molecular complexity index is 624. The van der Waals surface area contributed by atoms with Crippen molar-refractivity contribution in [1.29, 1.82) is 0 Å². The van der Waals surface area contributed by atoms with E-state index >= 15 is 0 Å². The van der Waals surface area contributed by atoms with Crippen LogP contribution in [-0.4, -0.2) is 0 Å². The molecule has 2 atom stereocenters. The summed E-state index contributed by atoms with van der Waals surface area (Å²) in [5.41, 5.74) is 2.86. The van der Waals surface area contributed by atoms with Crippen molar-refractivity contribution in [2.24, 2.45) is 0 Å². The minimum absolute atomic E-state index is 0.0720. The quantitative estimate of drug-likeness (QED) is 0.879. The number of nitrogens with one attached hydrogen (secondary N) is 1. The SMILES string of the molecule is C[C@@H](NC1CCc2cc(F)ccc21)c1ccccc1F. The van der Waals surface area contributed by atoms with Gasteiger partial charge < -0.3 is 5.32 Å². The van der Waals surface area contributed by atoms with Gasteiger partial charge in [0.2, 0.25) is 0 Å². The molecule has 0 spiro atoms. The van der Waals surface area contributed by atoms with Gasteiger partial charge in [0.1, 0.15) is 11.6 Å². The number of hydrogen-bond acceptors (Lipinski definition) is 1. The average molecular weight is 273 g/mol. The standard InChI is InChI=1S/C17H17F2N/c1-11(14-4-2-3-5-16(14)19)20-17-9-6-12-10-13(18)7-8-15(12)17/h2-5,7-8,10-11,17,20H,6,9H2,1H3/t11-,17?/m1/s1. The van der Waals surface area contributed by atoms with Crippen LogP contribution in [0.5, 0.6) is 0 Å². The summed E-state index contributed by atoms with van der Waals surface area (Å²) >= 11 is 0. The number of fused-ring (bicyclic) bond motifs is 1. The molecule has 1 N–H and O–H groups in total. The first-order valence-corrected chi connectivity index (χ1v) is 6.94. The molecule has 0 fully saturated rings. The lowest BCUT2D eigenvalue weighted by molar-refractivity contribution is 0.450. The van der Waals surface area contributed by atoms with Crippen LogP contribution in [-0.2, 0) is 6.42 Å². The van der Waals surface area contributed by atoms with Crippen molar-refractivity contribution in [2.75, 3.05) is 0 Å². The van der Waals surface area contributed by atoms with E-state index < -0.39 is 0 Å². The smallest absolute Gasteiger partial charge is 0.127 e. The molecule has 1 unspecified atom stereocenters. The first-order chi connectivity index (χ1) is 9.65. The summed E-state index contributed by atoms with van der Waals surface area (Å²) in [6.07, 6.45) is 1.80. The van der Waals surface area contributed by atoms with Crippen LogP contribution in [0.25, 0.3) is 0 Å². The van der Waals surface area contributed by atoms with E-state index in [1.54, 1.807) is 18.2 Å². The van der Waals surface area contributed by atoms with Gasteiger partial charge in [-0.15, -0.1) is 0 Å². The van der Waals surface area contributed by atoms with E-state index in [1.807, 2.05) is 19.1 Å². The van der Waals surface area contributed by atoms with Gasteiger partial charge in [-0.25, -0.2) is 8.78 Å². The molecule has 0 radical (unpaired) electrons. The molecule has 2 aromatic carbocycles. The van der Waals surface area contributed by atoms with E-state index in [9.17, 15) is 8.78 Å². The van der Waals surface area contributed by atoms with Crippen LogP contribution < -0.4 is 5.32 Å². The predicted octanol–water partition coefficient (Wildman–Crippen LogP) is 4.30. The van der Waals surface area contributed by atoms with Gasteiger partial charge in [-0.3, -0.25) is 0 Å². The molecule has 0 aliphatic heterocycles. The minimum atomic E-state index is -0.190. The summed E-state index contributed by atoms with van der Waals surface area (Å²) in [6, 6.07) is 11.8. The molecule has 0 aromatic heterocycles. The fourth-order valence-corrected chi connectivity index (χ4v) is 2.98. The summed E-state index contributed by atoms with van der Waals surface area (Å²) in [5, 5.41) is 3.45. The number of hydrogen-bond donors (Lipinski definition) is 1. The van der Waals surface area contributed by atoms with E-state index in [0.29, 0.717) is 5.56 Å². The molecule has 0 saturated carbocycles. The highest BCUT2D eigenvalue weighted by Crippen LogP contribution is 2.33. The van der Waals surface area contributed by atoms with Crippen molar-refractivity contribution in [3.63, 3.8) is 0 Å². The molecule has 1 aliphatic rings. The van der Waals surface area contributed by atoms with Crippen LogP contribution in [0.1, 0.15) is 42.1 Å². The minimum Gasteiger partial charge on any atom is -0.303 e. The topological polar surface area (TPSA) is 12.0 Å². The van der Waals surface area contributed by atoms with Gasteiger partial charge in [0.05, 0.1) is 0 Å². The van der Waals surface area contributed by atoms with Crippen molar-refractivity contribution in [1.82, 2.24) is 5.32 Å². The Hall–Kier alpha value is -1.74. The molecular formula is C17H17F2N. The zero-order chi connectivity index (χ0) is 14.1. The maximum Gasteiger partial charge on any atom is 0.127 e. The Balaban J connectivity index is 1.79. The number of benzene rings is 2. The monoisotopic (exact) mass is 273 g/mol.